The van der Waals surface area contributed by atoms with E-state index in [4.69, 9.17) is 0 Å². The van der Waals surface area contributed by atoms with E-state index in [-0.39, 0.29) is 11.5 Å². The normalized spacial score (nSPS) is 17.3. The van der Waals surface area contributed by atoms with Crippen molar-refractivity contribution >= 4 is 40.6 Å². The van der Waals surface area contributed by atoms with Crippen LogP contribution in [0.4, 0.5) is 5.69 Å². The van der Waals surface area contributed by atoms with Gasteiger partial charge in [0.25, 0.3) is 5.91 Å². The van der Waals surface area contributed by atoms with Crippen molar-refractivity contribution < 1.29 is 14.7 Å². The van der Waals surface area contributed by atoms with Crippen LogP contribution >= 0.6 is 11.8 Å². The molecule has 0 aliphatic carbocycles. The van der Waals surface area contributed by atoms with Crippen LogP contribution in [-0.2, 0) is 4.79 Å². The van der Waals surface area contributed by atoms with Crippen molar-refractivity contribution in [1.29, 1.82) is 0 Å². The number of para-hydroxylation sites is 1. The van der Waals surface area contributed by atoms with Gasteiger partial charge >= 0.3 is 0 Å². The monoisotopic (exact) mass is 337 g/mol. The summed E-state index contributed by atoms with van der Waals surface area (Å²) in [5.74, 6) is -1.45. The minimum absolute atomic E-state index is 0.0995. The van der Waals surface area contributed by atoms with Crippen molar-refractivity contribution in [3.8, 4) is 0 Å². The smallest absolute Gasteiger partial charge is 0.264 e. The van der Waals surface area contributed by atoms with Crippen molar-refractivity contribution in [3.05, 3.63) is 70.1 Å². The highest BCUT2D eigenvalue weighted by Gasteiger charge is 2.23. The molecule has 1 saturated heterocycles. The third-order valence-corrected chi connectivity index (χ3v) is 4.34. The topological polar surface area (TPSA) is 81.6 Å². The molecule has 2 aromatic carbocycles. The van der Waals surface area contributed by atoms with E-state index in [0.717, 1.165) is 16.8 Å². The van der Waals surface area contributed by atoms with Crippen molar-refractivity contribution in [2.75, 3.05) is 0 Å². The van der Waals surface area contributed by atoms with E-state index in [1.54, 1.807) is 18.2 Å². The first-order valence-corrected chi connectivity index (χ1v) is 8.01. The van der Waals surface area contributed by atoms with Gasteiger partial charge in [-0.25, -0.2) is 4.99 Å². The Morgan fingerprint density at radius 3 is 2.54 bits per heavy atom. The molecule has 1 aliphatic heterocycles. The zero-order valence-corrected chi connectivity index (χ0v) is 13.6. The number of nitrogens with one attached hydrogen (secondary N) is 1. The number of carbonyl (C=O) groups is 2. The van der Waals surface area contributed by atoms with Crippen LogP contribution in [0.2, 0.25) is 0 Å². The molecule has 0 aromatic heterocycles. The SMILES string of the molecule is Cc1ccccc1N=C1NC(=O)/C(=C\c2ccc(C(=O)[O-])cc2)S1. The van der Waals surface area contributed by atoms with Crippen molar-refractivity contribution in [1.82, 2.24) is 5.32 Å². The average molecular weight is 337 g/mol. The van der Waals surface area contributed by atoms with Gasteiger partial charge in [0.1, 0.15) is 0 Å². The molecule has 1 fully saturated rings. The number of hydrogen-bond acceptors (Lipinski definition) is 5. The predicted octanol–water partition coefficient (Wildman–Crippen LogP) is 2.25. The molecule has 0 radical (unpaired) electrons. The maximum absolute atomic E-state index is 12.1. The number of amidine groups is 1. The van der Waals surface area contributed by atoms with Gasteiger partial charge in [-0.2, -0.15) is 0 Å². The number of aromatic carboxylic acids is 1. The number of amides is 1. The summed E-state index contributed by atoms with van der Waals surface area (Å²) in [6.07, 6.45) is 1.69. The largest absolute Gasteiger partial charge is 0.545 e. The van der Waals surface area contributed by atoms with Gasteiger partial charge in [0.15, 0.2) is 5.17 Å². The van der Waals surface area contributed by atoms with E-state index in [1.807, 2.05) is 31.2 Å². The molecule has 120 valence electrons. The molecular weight excluding hydrogens is 324 g/mol. The highest BCUT2D eigenvalue weighted by Crippen LogP contribution is 2.29. The number of rotatable bonds is 3. The van der Waals surface area contributed by atoms with E-state index < -0.39 is 5.97 Å². The van der Waals surface area contributed by atoms with Gasteiger partial charge in [-0.15, -0.1) is 0 Å². The number of carbonyl (C=O) groups excluding carboxylic acids is 2. The Labute approximate surface area is 143 Å². The third kappa shape index (κ3) is 3.55. The molecule has 2 aromatic rings. The molecular formula is C18H13N2O3S-. The van der Waals surface area contributed by atoms with Gasteiger partial charge in [-0.05, 0) is 47.5 Å². The predicted molar refractivity (Wildman–Crippen MR) is 92.8 cm³/mol. The standard InChI is InChI=1S/C18H14N2O3S/c1-11-4-2-3-5-14(11)19-18-20-16(21)15(24-18)10-12-6-8-13(9-7-12)17(22)23/h2-10H,1H3,(H,22,23)(H,19,20,21)/p-1/b15-10+. The molecule has 1 N–H and O–H groups in total. The number of thioether (sulfide) groups is 1. The zero-order valence-electron chi connectivity index (χ0n) is 12.8. The zero-order chi connectivity index (χ0) is 17.1. The highest BCUT2D eigenvalue weighted by atomic mass is 32.2. The average Bonchev–Trinajstić information content (AvgIpc) is 2.90. The van der Waals surface area contributed by atoms with Crippen LogP contribution in [0.3, 0.4) is 0 Å². The maximum atomic E-state index is 12.1. The summed E-state index contributed by atoms with van der Waals surface area (Å²) in [6, 6.07) is 13.8. The summed E-state index contributed by atoms with van der Waals surface area (Å²) in [5.41, 5.74) is 2.66. The number of carboxylic acid groups (broad SMARTS) is 1. The summed E-state index contributed by atoms with van der Waals surface area (Å²) in [6.45, 7) is 1.95. The van der Waals surface area contributed by atoms with E-state index >= 15 is 0 Å². The van der Waals surface area contributed by atoms with Crippen molar-refractivity contribution in [2.24, 2.45) is 4.99 Å². The van der Waals surface area contributed by atoms with E-state index in [1.165, 1.54) is 23.9 Å². The quantitative estimate of drug-likeness (QED) is 0.871. The van der Waals surface area contributed by atoms with Crippen LogP contribution in [0.15, 0.2) is 58.4 Å². The molecule has 5 nitrogen and oxygen atoms in total. The van der Waals surface area contributed by atoms with Crippen LogP contribution < -0.4 is 10.4 Å². The Hall–Kier alpha value is -2.86. The Morgan fingerprint density at radius 1 is 1.17 bits per heavy atom. The Morgan fingerprint density at radius 2 is 1.88 bits per heavy atom. The minimum Gasteiger partial charge on any atom is -0.545 e. The van der Waals surface area contributed by atoms with Gasteiger partial charge in [0, 0.05) is 0 Å². The Balaban J connectivity index is 1.82. The number of hydrogen-bond donors (Lipinski definition) is 1. The fourth-order valence-corrected chi connectivity index (χ4v) is 2.98. The number of aliphatic imine (C=N–C) groups is 1. The van der Waals surface area contributed by atoms with Gasteiger partial charge in [0.2, 0.25) is 0 Å². The molecule has 0 spiro atoms. The van der Waals surface area contributed by atoms with Crippen molar-refractivity contribution in [2.45, 2.75) is 6.92 Å². The maximum Gasteiger partial charge on any atom is 0.264 e. The molecule has 0 saturated carbocycles. The number of benzene rings is 2. The second-order valence-corrected chi connectivity index (χ2v) is 6.21. The second kappa shape index (κ2) is 6.72. The summed E-state index contributed by atoms with van der Waals surface area (Å²) < 4.78 is 0. The third-order valence-electron chi connectivity index (χ3n) is 3.43. The van der Waals surface area contributed by atoms with E-state index in [2.05, 4.69) is 10.3 Å². The summed E-state index contributed by atoms with van der Waals surface area (Å²) >= 11 is 1.25. The molecule has 0 bridgehead atoms. The van der Waals surface area contributed by atoms with Gasteiger partial charge < -0.3 is 15.2 Å². The molecule has 24 heavy (non-hydrogen) atoms. The first kappa shape index (κ1) is 16.0. The fraction of sp³-hybridized carbons (Fsp3) is 0.0556. The first-order valence-electron chi connectivity index (χ1n) is 7.19. The van der Waals surface area contributed by atoms with Crippen LogP contribution in [-0.4, -0.2) is 17.0 Å². The van der Waals surface area contributed by atoms with Gasteiger partial charge in [-0.1, -0.05) is 42.5 Å². The van der Waals surface area contributed by atoms with Crippen LogP contribution in [0.1, 0.15) is 21.5 Å². The molecule has 1 aliphatic rings. The number of nitrogens with zero attached hydrogens (tertiary/aromatic N) is 1. The van der Waals surface area contributed by atoms with Gasteiger partial charge in [0.05, 0.1) is 16.6 Å². The summed E-state index contributed by atoms with van der Waals surface area (Å²) in [5, 5.41) is 14.0. The Bertz CT molecular complexity index is 870. The lowest BCUT2D eigenvalue weighted by Crippen LogP contribution is -2.21. The number of aryl methyl sites for hydroxylation is 1. The van der Waals surface area contributed by atoms with Crippen molar-refractivity contribution in [3.63, 3.8) is 0 Å². The minimum atomic E-state index is -1.23. The second-order valence-electron chi connectivity index (χ2n) is 5.18. The number of carboxylic acids is 1. The highest BCUT2D eigenvalue weighted by molar-refractivity contribution is 8.18. The first-order chi connectivity index (χ1) is 11.5. The molecule has 6 heteroatoms. The molecule has 3 rings (SSSR count). The van der Waals surface area contributed by atoms with Crippen LogP contribution in [0.5, 0.6) is 0 Å². The molecule has 0 unspecified atom stereocenters. The molecule has 1 amide bonds. The molecule has 0 atom stereocenters. The van der Waals surface area contributed by atoms with E-state index in [0.29, 0.717) is 10.1 Å². The summed E-state index contributed by atoms with van der Waals surface area (Å²) in [7, 11) is 0. The lowest BCUT2D eigenvalue weighted by atomic mass is 10.1. The van der Waals surface area contributed by atoms with Crippen LogP contribution in [0, 0.1) is 6.92 Å². The Kier molecular flexibility index (Phi) is 4.48. The van der Waals surface area contributed by atoms with Crippen LogP contribution in [0.25, 0.3) is 6.08 Å². The lowest BCUT2D eigenvalue weighted by Gasteiger charge is -2.02. The summed E-state index contributed by atoms with van der Waals surface area (Å²) in [4.78, 5) is 27.8. The fourth-order valence-electron chi connectivity index (χ4n) is 2.15. The van der Waals surface area contributed by atoms with Gasteiger partial charge in [-0.3, -0.25) is 4.79 Å². The molecule has 1 heterocycles. The van der Waals surface area contributed by atoms with E-state index in [9.17, 15) is 14.7 Å². The lowest BCUT2D eigenvalue weighted by molar-refractivity contribution is -0.255.